The van der Waals surface area contributed by atoms with Crippen LogP contribution in [0.1, 0.15) is 17.3 Å². The molecule has 1 aromatic carbocycles. The van der Waals surface area contributed by atoms with Crippen molar-refractivity contribution in [1.82, 2.24) is 24.6 Å². The minimum absolute atomic E-state index is 0.673. The van der Waals surface area contributed by atoms with Crippen LogP contribution in [0.5, 0.6) is 0 Å². The summed E-state index contributed by atoms with van der Waals surface area (Å²) in [5.74, 6) is 2.68. The molecular weight excluding hydrogens is 278 g/mol. The summed E-state index contributed by atoms with van der Waals surface area (Å²) in [6, 6.07) is 9.96. The Balaban J connectivity index is 1.48. The quantitative estimate of drug-likeness (QED) is 0.741. The smallest absolute Gasteiger partial charge is 0.226 e. The molecule has 4 rings (SSSR count). The van der Waals surface area contributed by atoms with E-state index in [1.54, 1.807) is 6.26 Å². The largest absolute Gasteiger partial charge is 0.444 e. The van der Waals surface area contributed by atoms with E-state index in [-0.39, 0.29) is 0 Å². The highest BCUT2D eigenvalue weighted by molar-refractivity contribution is 5.52. The number of rotatable bonds is 3. The normalized spacial score (nSPS) is 15.0. The Morgan fingerprint density at radius 1 is 1.14 bits per heavy atom. The van der Waals surface area contributed by atoms with E-state index in [1.165, 1.54) is 0 Å². The van der Waals surface area contributed by atoms with E-state index < -0.39 is 0 Å². The second kappa shape index (κ2) is 5.38. The van der Waals surface area contributed by atoms with E-state index in [4.69, 9.17) is 4.42 Å². The van der Waals surface area contributed by atoms with Gasteiger partial charge in [-0.3, -0.25) is 4.90 Å². The highest BCUT2D eigenvalue weighted by Crippen LogP contribution is 2.20. The lowest BCUT2D eigenvalue weighted by atomic mass is 10.2. The molecule has 0 saturated carbocycles. The number of hydrogen-bond acceptors (Lipinski definition) is 5. The Hall–Kier alpha value is -2.47. The molecule has 0 saturated heterocycles. The lowest BCUT2D eigenvalue weighted by Gasteiger charge is -2.26. The molecule has 6 nitrogen and oxygen atoms in total. The fourth-order valence-electron chi connectivity index (χ4n) is 2.81. The molecule has 0 N–H and O–H groups in total. The lowest BCUT2D eigenvalue weighted by molar-refractivity contribution is 0.205. The van der Waals surface area contributed by atoms with Crippen LogP contribution in [-0.4, -0.2) is 31.2 Å². The fraction of sp³-hybridized carbons (Fsp3) is 0.312. The van der Waals surface area contributed by atoms with Gasteiger partial charge in [0.25, 0.3) is 0 Å². The third-order valence-corrected chi connectivity index (χ3v) is 3.98. The molecule has 2 aromatic heterocycles. The number of benzene rings is 1. The van der Waals surface area contributed by atoms with Gasteiger partial charge in [0.05, 0.1) is 12.2 Å². The molecule has 0 unspecified atom stereocenters. The topological polar surface area (TPSA) is 60.0 Å². The summed E-state index contributed by atoms with van der Waals surface area (Å²) in [5, 5.41) is 8.36. The third kappa shape index (κ3) is 2.42. The molecule has 1 aliphatic heterocycles. The number of hydrogen-bond donors (Lipinski definition) is 0. The average Bonchev–Trinajstić information content (AvgIpc) is 3.16. The first-order chi connectivity index (χ1) is 10.8. The summed E-state index contributed by atoms with van der Waals surface area (Å²) in [5.41, 5.74) is 1.95. The summed E-state index contributed by atoms with van der Waals surface area (Å²) in [6.45, 7) is 5.46. The number of oxazole rings is 1. The Labute approximate surface area is 128 Å². The first kappa shape index (κ1) is 13.2. The monoisotopic (exact) mass is 295 g/mol. The van der Waals surface area contributed by atoms with Gasteiger partial charge in [0.1, 0.15) is 17.9 Å². The van der Waals surface area contributed by atoms with Crippen LogP contribution in [0.25, 0.3) is 11.5 Å². The minimum Gasteiger partial charge on any atom is -0.444 e. The first-order valence-corrected chi connectivity index (χ1v) is 7.40. The molecule has 0 bridgehead atoms. The Morgan fingerprint density at radius 3 is 2.86 bits per heavy atom. The van der Waals surface area contributed by atoms with Gasteiger partial charge in [0.15, 0.2) is 0 Å². The summed E-state index contributed by atoms with van der Waals surface area (Å²) in [6.07, 6.45) is 1.74. The minimum atomic E-state index is 0.673. The molecule has 3 aromatic rings. The summed E-state index contributed by atoms with van der Waals surface area (Å²) < 4.78 is 7.77. The Kier molecular flexibility index (Phi) is 3.23. The van der Waals surface area contributed by atoms with Crippen LogP contribution in [0.3, 0.4) is 0 Å². The van der Waals surface area contributed by atoms with Gasteiger partial charge in [-0.15, -0.1) is 10.2 Å². The van der Waals surface area contributed by atoms with E-state index in [0.29, 0.717) is 5.89 Å². The molecular formula is C16H17N5O. The molecule has 0 radical (unpaired) electrons. The van der Waals surface area contributed by atoms with Gasteiger partial charge in [-0.05, 0) is 19.1 Å². The number of aryl methyl sites for hydroxylation is 1. The van der Waals surface area contributed by atoms with Crippen LogP contribution in [0.15, 0.2) is 41.0 Å². The summed E-state index contributed by atoms with van der Waals surface area (Å²) in [4.78, 5) is 6.90. The van der Waals surface area contributed by atoms with Crippen molar-refractivity contribution in [3.63, 3.8) is 0 Å². The SMILES string of the molecule is Cc1nnc2n1CCN(Cc1coc(-c3ccccc3)n1)C2. The number of fused-ring (bicyclic) bond motifs is 1. The number of aromatic nitrogens is 4. The molecule has 0 spiro atoms. The van der Waals surface area contributed by atoms with Crippen molar-refractivity contribution < 1.29 is 4.42 Å². The van der Waals surface area contributed by atoms with E-state index >= 15 is 0 Å². The predicted octanol–water partition coefficient (Wildman–Crippen LogP) is 2.26. The molecule has 112 valence electrons. The van der Waals surface area contributed by atoms with Crippen LogP contribution >= 0.6 is 0 Å². The van der Waals surface area contributed by atoms with E-state index in [9.17, 15) is 0 Å². The van der Waals surface area contributed by atoms with Gasteiger partial charge in [0, 0.05) is 25.2 Å². The summed E-state index contributed by atoms with van der Waals surface area (Å²) >= 11 is 0. The zero-order valence-corrected chi connectivity index (χ0v) is 12.4. The second-order valence-corrected chi connectivity index (χ2v) is 5.54. The van der Waals surface area contributed by atoms with Crippen molar-refractivity contribution in [2.24, 2.45) is 0 Å². The highest BCUT2D eigenvalue weighted by atomic mass is 16.3. The van der Waals surface area contributed by atoms with Gasteiger partial charge >= 0.3 is 0 Å². The van der Waals surface area contributed by atoms with E-state index in [0.717, 1.165) is 49.1 Å². The molecule has 6 heteroatoms. The van der Waals surface area contributed by atoms with Gasteiger partial charge in [-0.25, -0.2) is 4.98 Å². The van der Waals surface area contributed by atoms with Crippen LogP contribution < -0.4 is 0 Å². The van der Waals surface area contributed by atoms with E-state index in [2.05, 4.69) is 24.6 Å². The first-order valence-electron chi connectivity index (χ1n) is 7.40. The molecule has 22 heavy (non-hydrogen) atoms. The summed E-state index contributed by atoms with van der Waals surface area (Å²) in [7, 11) is 0. The Morgan fingerprint density at radius 2 is 2.00 bits per heavy atom. The van der Waals surface area contributed by atoms with E-state index in [1.807, 2.05) is 37.3 Å². The maximum absolute atomic E-state index is 5.59. The van der Waals surface area contributed by atoms with Gasteiger partial charge in [0.2, 0.25) is 5.89 Å². The van der Waals surface area contributed by atoms with Crippen molar-refractivity contribution in [2.75, 3.05) is 6.54 Å². The average molecular weight is 295 g/mol. The molecule has 3 heterocycles. The van der Waals surface area contributed by atoms with Gasteiger partial charge in [-0.2, -0.15) is 0 Å². The zero-order valence-electron chi connectivity index (χ0n) is 12.4. The predicted molar refractivity (Wildman–Crippen MR) is 80.8 cm³/mol. The van der Waals surface area contributed by atoms with Crippen LogP contribution in [-0.2, 0) is 19.6 Å². The maximum Gasteiger partial charge on any atom is 0.226 e. The molecule has 0 atom stereocenters. The van der Waals surface area contributed by atoms with Crippen LogP contribution in [0.4, 0.5) is 0 Å². The fourth-order valence-corrected chi connectivity index (χ4v) is 2.81. The molecule has 1 aliphatic rings. The highest BCUT2D eigenvalue weighted by Gasteiger charge is 2.20. The van der Waals surface area contributed by atoms with Gasteiger partial charge in [-0.1, -0.05) is 18.2 Å². The maximum atomic E-state index is 5.59. The van der Waals surface area contributed by atoms with Crippen molar-refractivity contribution in [2.45, 2.75) is 26.6 Å². The number of nitrogens with zero attached hydrogens (tertiary/aromatic N) is 5. The molecule has 0 aliphatic carbocycles. The zero-order chi connectivity index (χ0) is 14.9. The molecule has 0 amide bonds. The van der Waals surface area contributed by atoms with Crippen molar-refractivity contribution in [1.29, 1.82) is 0 Å². The lowest BCUT2D eigenvalue weighted by Crippen LogP contribution is -2.33. The van der Waals surface area contributed by atoms with Crippen molar-refractivity contribution >= 4 is 0 Å². The third-order valence-electron chi connectivity index (χ3n) is 3.98. The van der Waals surface area contributed by atoms with Crippen molar-refractivity contribution in [3.05, 3.63) is 53.9 Å². The van der Waals surface area contributed by atoms with Gasteiger partial charge < -0.3 is 8.98 Å². The van der Waals surface area contributed by atoms with Crippen LogP contribution in [0, 0.1) is 6.92 Å². The van der Waals surface area contributed by atoms with Crippen LogP contribution in [0.2, 0.25) is 0 Å². The van der Waals surface area contributed by atoms with Crippen molar-refractivity contribution in [3.8, 4) is 11.5 Å². The second-order valence-electron chi connectivity index (χ2n) is 5.54. The standard InChI is InChI=1S/C16H17N5O/c1-12-18-19-15-10-20(7-8-21(12)15)9-14-11-22-16(17-14)13-5-3-2-4-6-13/h2-6,11H,7-10H2,1H3. The molecule has 0 fully saturated rings. The Bertz CT molecular complexity index is 777.